The minimum Gasteiger partial charge on any atom is -0.489 e. The highest BCUT2D eigenvalue weighted by molar-refractivity contribution is 6.31. The van der Waals surface area contributed by atoms with Gasteiger partial charge in [0.15, 0.2) is 0 Å². The number of hydrogen-bond acceptors (Lipinski definition) is 3. The van der Waals surface area contributed by atoms with Crippen molar-refractivity contribution in [3.63, 3.8) is 0 Å². The molecule has 0 saturated heterocycles. The van der Waals surface area contributed by atoms with Gasteiger partial charge in [0, 0.05) is 46.7 Å². The van der Waals surface area contributed by atoms with Gasteiger partial charge in [0.2, 0.25) is 0 Å². The molecule has 0 aliphatic carbocycles. The number of nitrogens with zero attached hydrogens (tertiary/aromatic N) is 1. The number of nitrogens with one attached hydrogen (secondary N) is 1. The number of rotatable bonds is 7. The Hall–Kier alpha value is -1.78. The van der Waals surface area contributed by atoms with E-state index in [2.05, 4.69) is 10.3 Å². The second-order valence-corrected chi connectivity index (χ2v) is 6.43. The Morgan fingerprint density at radius 2 is 1.65 bits per heavy atom. The SMILES string of the molecule is Cl.Clc1ccc(OCc2ccccc2Cl)c(CNCc2ccncc2)c1. The Balaban J connectivity index is 0.00000243. The molecule has 1 aromatic heterocycles. The molecule has 3 nitrogen and oxygen atoms in total. The standard InChI is InChI=1S/C20H18Cl2N2O.ClH/c21-18-5-6-20(25-14-16-3-1-2-4-19(16)22)17(11-18)13-24-12-15-7-9-23-10-8-15;/h1-11,24H,12-14H2;1H. The molecule has 6 heteroatoms. The van der Waals surface area contributed by atoms with Gasteiger partial charge in [0.25, 0.3) is 0 Å². The predicted octanol–water partition coefficient (Wildman–Crippen LogP) is 5.68. The summed E-state index contributed by atoms with van der Waals surface area (Å²) in [5.41, 5.74) is 3.14. The van der Waals surface area contributed by atoms with E-state index in [0.717, 1.165) is 23.4 Å². The van der Waals surface area contributed by atoms with E-state index in [0.29, 0.717) is 23.2 Å². The van der Waals surface area contributed by atoms with Crippen molar-refractivity contribution in [2.45, 2.75) is 19.7 Å². The maximum absolute atomic E-state index is 6.19. The summed E-state index contributed by atoms with van der Waals surface area (Å²) in [6.45, 7) is 1.82. The predicted molar refractivity (Wildman–Crippen MR) is 109 cm³/mol. The zero-order valence-electron chi connectivity index (χ0n) is 14.0. The summed E-state index contributed by atoms with van der Waals surface area (Å²) in [6, 6.07) is 17.3. The highest BCUT2D eigenvalue weighted by Gasteiger charge is 2.07. The number of ether oxygens (including phenoxy) is 1. The third kappa shape index (κ3) is 5.89. The first kappa shape index (κ1) is 20.5. The Kier molecular flexibility index (Phi) is 8.20. The highest BCUT2D eigenvalue weighted by Crippen LogP contribution is 2.25. The normalized spacial score (nSPS) is 10.2. The first-order chi connectivity index (χ1) is 12.2. The number of hydrogen-bond donors (Lipinski definition) is 1. The summed E-state index contributed by atoms with van der Waals surface area (Å²) in [5, 5.41) is 4.79. The molecule has 1 heterocycles. The molecule has 3 aromatic rings. The van der Waals surface area contributed by atoms with Crippen molar-refractivity contribution in [1.82, 2.24) is 10.3 Å². The van der Waals surface area contributed by atoms with Crippen molar-refractivity contribution >= 4 is 35.6 Å². The van der Waals surface area contributed by atoms with Gasteiger partial charge in [-0.2, -0.15) is 0 Å². The highest BCUT2D eigenvalue weighted by atomic mass is 35.5. The lowest BCUT2D eigenvalue weighted by Gasteiger charge is -2.13. The van der Waals surface area contributed by atoms with Crippen LogP contribution >= 0.6 is 35.6 Å². The summed E-state index contributed by atoms with van der Waals surface area (Å²) in [7, 11) is 0. The Morgan fingerprint density at radius 1 is 0.885 bits per heavy atom. The van der Waals surface area contributed by atoms with Gasteiger partial charge in [-0.3, -0.25) is 4.98 Å². The van der Waals surface area contributed by atoms with Gasteiger partial charge in [-0.1, -0.05) is 41.4 Å². The summed E-state index contributed by atoms with van der Waals surface area (Å²) in [5.74, 6) is 0.798. The Labute approximate surface area is 169 Å². The van der Waals surface area contributed by atoms with Crippen LogP contribution in [0.4, 0.5) is 0 Å². The van der Waals surface area contributed by atoms with Gasteiger partial charge < -0.3 is 10.1 Å². The van der Waals surface area contributed by atoms with E-state index in [-0.39, 0.29) is 12.4 Å². The van der Waals surface area contributed by atoms with Crippen molar-refractivity contribution in [3.05, 3.63) is 93.7 Å². The van der Waals surface area contributed by atoms with Crippen LogP contribution in [0.3, 0.4) is 0 Å². The maximum Gasteiger partial charge on any atom is 0.124 e. The van der Waals surface area contributed by atoms with E-state index in [4.69, 9.17) is 27.9 Å². The fraction of sp³-hybridized carbons (Fsp3) is 0.150. The lowest BCUT2D eigenvalue weighted by molar-refractivity contribution is 0.302. The van der Waals surface area contributed by atoms with Crippen LogP contribution < -0.4 is 10.1 Å². The van der Waals surface area contributed by atoms with E-state index in [1.165, 1.54) is 5.56 Å². The van der Waals surface area contributed by atoms with Gasteiger partial charge in [-0.05, 0) is 42.0 Å². The average Bonchev–Trinajstić information content (AvgIpc) is 2.63. The average molecular weight is 410 g/mol. The molecular weight excluding hydrogens is 391 g/mol. The second-order valence-electron chi connectivity index (χ2n) is 5.59. The minimum absolute atomic E-state index is 0. The van der Waals surface area contributed by atoms with E-state index in [1.807, 2.05) is 54.6 Å². The van der Waals surface area contributed by atoms with Crippen molar-refractivity contribution in [2.24, 2.45) is 0 Å². The van der Waals surface area contributed by atoms with Crippen LogP contribution in [0.1, 0.15) is 16.7 Å². The first-order valence-corrected chi connectivity index (χ1v) is 8.72. The summed E-state index contributed by atoms with van der Waals surface area (Å²) >= 11 is 12.3. The van der Waals surface area contributed by atoms with E-state index in [1.54, 1.807) is 12.4 Å². The third-order valence-corrected chi connectivity index (χ3v) is 4.36. The molecule has 0 amide bonds. The van der Waals surface area contributed by atoms with E-state index >= 15 is 0 Å². The zero-order valence-corrected chi connectivity index (χ0v) is 16.3. The molecule has 26 heavy (non-hydrogen) atoms. The maximum atomic E-state index is 6.19. The molecule has 0 spiro atoms. The van der Waals surface area contributed by atoms with Gasteiger partial charge in [-0.15, -0.1) is 12.4 Å². The Bertz CT molecular complexity index is 828. The van der Waals surface area contributed by atoms with Gasteiger partial charge in [0.1, 0.15) is 12.4 Å². The number of pyridine rings is 1. The molecule has 3 rings (SSSR count). The van der Waals surface area contributed by atoms with Crippen LogP contribution in [0.2, 0.25) is 10.0 Å². The fourth-order valence-electron chi connectivity index (χ4n) is 2.44. The molecule has 2 aromatic carbocycles. The molecule has 0 aliphatic rings. The topological polar surface area (TPSA) is 34.1 Å². The molecule has 0 radical (unpaired) electrons. The zero-order chi connectivity index (χ0) is 17.5. The third-order valence-electron chi connectivity index (χ3n) is 3.76. The molecule has 0 bridgehead atoms. The Morgan fingerprint density at radius 3 is 2.42 bits per heavy atom. The van der Waals surface area contributed by atoms with Crippen LogP contribution in [0.5, 0.6) is 5.75 Å². The van der Waals surface area contributed by atoms with E-state index < -0.39 is 0 Å². The van der Waals surface area contributed by atoms with Crippen molar-refractivity contribution < 1.29 is 4.74 Å². The van der Waals surface area contributed by atoms with Crippen molar-refractivity contribution in [2.75, 3.05) is 0 Å². The van der Waals surface area contributed by atoms with Crippen LogP contribution in [0, 0.1) is 0 Å². The molecule has 136 valence electrons. The van der Waals surface area contributed by atoms with Gasteiger partial charge in [-0.25, -0.2) is 0 Å². The summed E-state index contributed by atoms with van der Waals surface area (Å²) in [4.78, 5) is 4.02. The molecule has 0 saturated carbocycles. The number of benzene rings is 2. The second kappa shape index (κ2) is 10.4. The van der Waals surface area contributed by atoms with Crippen LogP contribution in [0.15, 0.2) is 67.0 Å². The quantitative estimate of drug-likeness (QED) is 0.545. The molecule has 0 aliphatic heterocycles. The smallest absolute Gasteiger partial charge is 0.124 e. The first-order valence-electron chi connectivity index (χ1n) is 7.96. The van der Waals surface area contributed by atoms with Crippen molar-refractivity contribution in [3.8, 4) is 5.75 Å². The molecule has 0 fully saturated rings. The summed E-state index contributed by atoms with van der Waals surface area (Å²) in [6.07, 6.45) is 3.57. The van der Waals surface area contributed by atoms with Crippen LogP contribution in [-0.4, -0.2) is 4.98 Å². The molecular formula is C20H19Cl3N2O. The minimum atomic E-state index is 0. The van der Waals surface area contributed by atoms with Crippen molar-refractivity contribution in [1.29, 1.82) is 0 Å². The largest absolute Gasteiger partial charge is 0.489 e. The number of aromatic nitrogens is 1. The molecule has 1 N–H and O–H groups in total. The van der Waals surface area contributed by atoms with Gasteiger partial charge in [0.05, 0.1) is 0 Å². The molecule has 0 atom stereocenters. The monoisotopic (exact) mass is 408 g/mol. The lowest BCUT2D eigenvalue weighted by Crippen LogP contribution is -2.13. The lowest BCUT2D eigenvalue weighted by atomic mass is 10.2. The fourth-order valence-corrected chi connectivity index (χ4v) is 2.83. The van der Waals surface area contributed by atoms with Crippen LogP contribution in [-0.2, 0) is 19.7 Å². The number of halogens is 3. The summed E-state index contributed by atoms with van der Waals surface area (Å²) < 4.78 is 5.97. The van der Waals surface area contributed by atoms with Crippen LogP contribution in [0.25, 0.3) is 0 Å². The van der Waals surface area contributed by atoms with Gasteiger partial charge >= 0.3 is 0 Å². The van der Waals surface area contributed by atoms with E-state index in [9.17, 15) is 0 Å². The molecule has 0 unspecified atom stereocenters.